The number of nitrogens with zero attached hydrogens (tertiary/aromatic N) is 2. The Labute approximate surface area is 116 Å². The molecule has 0 unspecified atom stereocenters. The Morgan fingerprint density at radius 3 is 2.33 bits per heavy atom. The molecule has 0 bridgehead atoms. The summed E-state index contributed by atoms with van der Waals surface area (Å²) >= 11 is 4.80. The SMILES string of the molecule is CCCCCN(C)CCC(=O)N(C)CCC(N)=S. The van der Waals surface area contributed by atoms with Crippen LogP contribution in [0.5, 0.6) is 0 Å². The lowest BCUT2D eigenvalue weighted by molar-refractivity contribution is -0.130. The fourth-order valence-corrected chi connectivity index (χ4v) is 1.71. The third-order valence-corrected chi connectivity index (χ3v) is 3.17. The topological polar surface area (TPSA) is 49.6 Å². The van der Waals surface area contributed by atoms with Crippen LogP contribution in [-0.2, 0) is 4.79 Å². The predicted octanol–water partition coefficient (Wildman–Crippen LogP) is 1.63. The van der Waals surface area contributed by atoms with Gasteiger partial charge in [0.15, 0.2) is 0 Å². The first-order chi connectivity index (χ1) is 8.47. The zero-order valence-electron chi connectivity index (χ0n) is 11.9. The van der Waals surface area contributed by atoms with Crippen LogP contribution in [0.4, 0.5) is 0 Å². The van der Waals surface area contributed by atoms with Gasteiger partial charge >= 0.3 is 0 Å². The van der Waals surface area contributed by atoms with Crippen LogP contribution in [0.15, 0.2) is 0 Å². The van der Waals surface area contributed by atoms with Crippen molar-refractivity contribution in [3.63, 3.8) is 0 Å². The summed E-state index contributed by atoms with van der Waals surface area (Å²) in [5.74, 6) is 0.161. The summed E-state index contributed by atoms with van der Waals surface area (Å²) in [7, 11) is 3.87. The number of unbranched alkanes of at least 4 members (excludes halogenated alkanes) is 2. The Balaban J connectivity index is 3.70. The molecule has 0 spiro atoms. The van der Waals surface area contributed by atoms with Crippen LogP contribution in [0.2, 0.25) is 0 Å². The second kappa shape index (κ2) is 10.3. The van der Waals surface area contributed by atoms with Gasteiger partial charge in [-0.3, -0.25) is 4.79 Å². The number of amides is 1. The molecule has 0 radical (unpaired) electrons. The van der Waals surface area contributed by atoms with Crippen LogP contribution < -0.4 is 5.73 Å². The minimum Gasteiger partial charge on any atom is -0.393 e. The first-order valence-corrected chi connectivity index (χ1v) is 7.09. The summed E-state index contributed by atoms with van der Waals surface area (Å²) in [6.45, 7) is 4.70. The molecule has 0 aliphatic rings. The fraction of sp³-hybridized carbons (Fsp3) is 0.846. The molecule has 0 aliphatic carbocycles. The van der Waals surface area contributed by atoms with Crippen molar-refractivity contribution in [3.8, 4) is 0 Å². The third kappa shape index (κ3) is 9.36. The van der Waals surface area contributed by atoms with E-state index in [1.165, 1.54) is 19.3 Å². The maximum absolute atomic E-state index is 11.8. The number of carbonyl (C=O) groups excluding carboxylic acids is 1. The van der Waals surface area contributed by atoms with Gasteiger partial charge in [-0.1, -0.05) is 32.0 Å². The van der Waals surface area contributed by atoms with Crippen LogP contribution in [0, 0.1) is 0 Å². The van der Waals surface area contributed by atoms with Gasteiger partial charge in [-0.15, -0.1) is 0 Å². The molecule has 1 amide bonds. The van der Waals surface area contributed by atoms with Gasteiger partial charge in [0.25, 0.3) is 0 Å². The molecule has 0 atom stereocenters. The highest BCUT2D eigenvalue weighted by Gasteiger charge is 2.09. The van der Waals surface area contributed by atoms with E-state index in [9.17, 15) is 4.79 Å². The minimum atomic E-state index is 0.161. The smallest absolute Gasteiger partial charge is 0.223 e. The Hall–Kier alpha value is -0.680. The van der Waals surface area contributed by atoms with Crippen molar-refractivity contribution in [2.75, 3.05) is 33.7 Å². The van der Waals surface area contributed by atoms with Crippen molar-refractivity contribution < 1.29 is 4.79 Å². The standard InChI is InChI=1S/C13H27N3OS/c1-4-5-6-9-15(2)10-8-13(17)16(3)11-7-12(14)18/h4-11H2,1-3H3,(H2,14,18). The van der Waals surface area contributed by atoms with Crippen molar-refractivity contribution >= 4 is 23.1 Å². The lowest BCUT2D eigenvalue weighted by Gasteiger charge is -2.20. The van der Waals surface area contributed by atoms with E-state index >= 15 is 0 Å². The summed E-state index contributed by atoms with van der Waals surface area (Å²) < 4.78 is 0. The maximum atomic E-state index is 11.8. The number of nitrogens with two attached hydrogens (primary N) is 1. The third-order valence-electron chi connectivity index (χ3n) is 2.97. The predicted molar refractivity (Wildman–Crippen MR) is 80.7 cm³/mol. The van der Waals surface area contributed by atoms with E-state index in [2.05, 4.69) is 18.9 Å². The van der Waals surface area contributed by atoms with Crippen molar-refractivity contribution in [2.45, 2.75) is 39.0 Å². The van der Waals surface area contributed by atoms with Crippen molar-refractivity contribution in [3.05, 3.63) is 0 Å². The number of rotatable bonds is 10. The molecule has 18 heavy (non-hydrogen) atoms. The molecular weight excluding hydrogens is 246 g/mol. The van der Waals surface area contributed by atoms with Crippen LogP contribution in [0.25, 0.3) is 0 Å². The normalized spacial score (nSPS) is 10.7. The zero-order chi connectivity index (χ0) is 14.0. The summed E-state index contributed by atoms with van der Waals surface area (Å²) in [5.41, 5.74) is 5.42. The van der Waals surface area contributed by atoms with E-state index in [-0.39, 0.29) is 5.91 Å². The molecule has 4 nitrogen and oxygen atoms in total. The largest absolute Gasteiger partial charge is 0.393 e. The molecule has 0 aromatic rings. The van der Waals surface area contributed by atoms with E-state index in [0.29, 0.717) is 24.4 Å². The lowest BCUT2D eigenvalue weighted by atomic mass is 10.2. The van der Waals surface area contributed by atoms with Gasteiger partial charge in [0.1, 0.15) is 0 Å². The average molecular weight is 273 g/mol. The summed E-state index contributed by atoms with van der Waals surface area (Å²) in [5, 5.41) is 0. The van der Waals surface area contributed by atoms with Crippen molar-refractivity contribution in [1.82, 2.24) is 9.80 Å². The van der Waals surface area contributed by atoms with E-state index in [1.54, 1.807) is 11.9 Å². The number of thiocarbonyl (C=S) groups is 1. The summed E-state index contributed by atoms with van der Waals surface area (Å²) in [4.78, 5) is 16.2. The summed E-state index contributed by atoms with van der Waals surface area (Å²) in [6, 6.07) is 0. The zero-order valence-corrected chi connectivity index (χ0v) is 12.8. The van der Waals surface area contributed by atoms with E-state index in [1.807, 2.05) is 0 Å². The molecule has 0 saturated carbocycles. The van der Waals surface area contributed by atoms with Crippen LogP contribution in [-0.4, -0.2) is 54.4 Å². The molecule has 5 heteroatoms. The van der Waals surface area contributed by atoms with Crippen LogP contribution in [0.3, 0.4) is 0 Å². The first-order valence-electron chi connectivity index (χ1n) is 6.68. The number of carbonyl (C=O) groups is 1. The first kappa shape index (κ1) is 17.3. The highest BCUT2D eigenvalue weighted by Crippen LogP contribution is 1.99. The van der Waals surface area contributed by atoms with Crippen LogP contribution in [0.1, 0.15) is 39.0 Å². The van der Waals surface area contributed by atoms with Crippen molar-refractivity contribution in [2.24, 2.45) is 5.73 Å². The second-order valence-electron chi connectivity index (χ2n) is 4.79. The lowest BCUT2D eigenvalue weighted by Crippen LogP contribution is -2.33. The van der Waals surface area contributed by atoms with E-state index in [4.69, 9.17) is 18.0 Å². The maximum Gasteiger partial charge on any atom is 0.223 e. The molecule has 0 aromatic heterocycles. The highest BCUT2D eigenvalue weighted by molar-refractivity contribution is 7.80. The van der Waals surface area contributed by atoms with Gasteiger partial charge in [-0.25, -0.2) is 0 Å². The number of hydrogen-bond acceptors (Lipinski definition) is 3. The monoisotopic (exact) mass is 273 g/mol. The minimum absolute atomic E-state index is 0.161. The Bertz CT molecular complexity index is 259. The van der Waals surface area contributed by atoms with Gasteiger partial charge in [-0.2, -0.15) is 0 Å². The molecule has 0 rings (SSSR count). The summed E-state index contributed by atoms with van der Waals surface area (Å²) in [6.07, 6.45) is 4.86. The quantitative estimate of drug-likeness (QED) is 0.485. The molecular formula is C13H27N3OS. The van der Waals surface area contributed by atoms with Crippen LogP contribution >= 0.6 is 12.2 Å². The molecule has 0 heterocycles. The molecule has 0 saturated heterocycles. The van der Waals surface area contributed by atoms with E-state index < -0.39 is 0 Å². The average Bonchev–Trinajstić information content (AvgIpc) is 2.33. The second-order valence-corrected chi connectivity index (χ2v) is 5.32. The van der Waals surface area contributed by atoms with Gasteiger partial charge in [0.2, 0.25) is 5.91 Å². The Morgan fingerprint density at radius 2 is 1.78 bits per heavy atom. The molecule has 2 N–H and O–H groups in total. The van der Waals surface area contributed by atoms with E-state index in [0.717, 1.165) is 13.1 Å². The Morgan fingerprint density at radius 1 is 1.11 bits per heavy atom. The van der Waals surface area contributed by atoms with Crippen molar-refractivity contribution in [1.29, 1.82) is 0 Å². The van der Waals surface area contributed by atoms with Gasteiger partial charge in [-0.05, 0) is 20.0 Å². The molecule has 0 fully saturated rings. The molecule has 0 aliphatic heterocycles. The molecule has 106 valence electrons. The number of hydrogen-bond donors (Lipinski definition) is 1. The molecule has 0 aromatic carbocycles. The van der Waals surface area contributed by atoms with Gasteiger partial charge < -0.3 is 15.5 Å². The van der Waals surface area contributed by atoms with Gasteiger partial charge in [0.05, 0.1) is 4.99 Å². The highest BCUT2D eigenvalue weighted by atomic mass is 32.1. The van der Waals surface area contributed by atoms with Gasteiger partial charge in [0, 0.05) is 33.0 Å². The fourth-order valence-electron chi connectivity index (χ4n) is 1.62. The Kier molecular flexibility index (Phi) is 9.87.